The first-order valence-corrected chi connectivity index (χ1v) is 8.73. The molecule has 0 radical (unpaired) electrons. The van der Waals surface area contributed by atoms with Crippen LogP contribution in [0.15, 0.2) is 0 Å². The molecule has 1 amide bonds. The van der Waals surface area contributed by atoms with E-state index < -0.39 is 0 Å². The van der Waals surface area contributed by atoms with E-state index in [2.05, 4.69) is 26.1 Å². The minimum absolute atomic E-state index is 0.0135. The molecule has 0 aromatic heterocycles. The average Bonchev–Trinajstić information content (AvgIpc) is 2.42. The van der Waals surface area contributed by atoms with Crippen molar-refractivity contribution in [3.05, 3.63) is 0 Å². The van der Waals surface area contributed by atoms with Crippen molar-refractivity contribution in [2.24, 2.45) is 17.6 Å². The largest absolute Gasteiger partial charge is 0.370 e. The van der Waals surface area contributed by atoms with Crippen LogP contribution in [0.2, 0.25) is 0 Å². The van der Waals surface area contributed by atoms with E-state index >= 15 is 0 Å². The first-order chi connectivity index (χ1) is 10.4. The van der Waals surface area contributed by atoms with Crippen molar-refractivity contribution in [2.75, 3.05) is 19.6 Å². The molecule has 5 nitrogen and oxygen atoms in total. The van der Waals surface area contributed by atoms with E-state index in [1.807, 2.05) is 6.92 Å². The third-order valence-corrected chi connectivity index (χ3v) is 3.67. The molecule has 1 atom stereocenters. The number of unbranched alkanes of at least 4 members (excludes halogenated alkanes) is 2. The monoisotopic (exact) mass is 312 g/mol. The van der Waals surface area contributed by atoms with E-state index in [9.17, 15) is 4.79 Å². The van der Waals surface area contributed by atoms with Gasteiger partial charge in [-0.3, -0.25) is 15.1 Å². The Morgan fingerprint density at radius 3 is 2.45 bits per heavy atom. The van der Waals surface area contributed by atoms with Crippen LogP contribution < -0.4 is 11.1 Å². The third-order valence-electron chi connectivity index (χ3n) is 3.67. The number of carbonyl (C=O) groups is 1. The summed E-state index contributed by atoms with van der Waals surface area (Å²) in [4.78, 5) is 13.5. The molecule has 0 bridgehead atoms. The lowest BCUT2D eigenvalue weighted by atomic mass is 9.99. The van der Waals surface area contributed by atoms with Gasteiger partial charge < -0.3 is 11.1 Å². The normalized spacial score (nSPS) is 12.4. The summed E-state index contributed by atoms with van der Waals surface area (Å²) in [6.07, 6.45) is 5.94. The van der Waals surface area contributed by atoms with Gasteiger partial charge in [0.1, 0.15) is 0 Å². The molecule has 0 heterocycles. The van der Waals surface area contributed by atoms with Crippen LogP contribution >= 0.6 is 0 Å². The molecule has 5 heteroatoms. The van der Waals surface area contributed by atoms with Crippen LogP contribution in [0.4, 0.5) is 0 Å². The average molecular weight is 313 g/mol. The predicted molar refractivity (Wildman–Crippen MR) is 93.9 cm³/mol. The first kappa shape index (κ1) is 20.9. The highest BCUT2D eigenvalue weighted by atomic mass is 16.2. The first-order valence-electron chi connectivity index (χ1n) is 8.73. The molecule has 0 saturated heterocycles. The lowest BCUT2D eigenvalue weighted by Crippen LogP contribution is -2.42. The molecule has 0 aliphatic heterocycles. The minimum atomic E-state index is -0.129. The van der Waals surface area contributed by atoms with Gasteiger partial charge in [-0.15, -0.1) is 0 Å². The van der Waals surface area contributed by atoms with Crippen LogP contribution in [0.3, 0.4) is 0 Å². The van der Waals surface area contributed by atoms with Crippen molar-refractivity contribution in [1.82, 2.24) is 10.2 Å². The van der Waals surface area contributed by atoms with Gasteiger partial charge in [0, 0.05) is 13.0 Å². The van der Waals surface area contributed by atoms with Crippen molar-refractivity contribution in [2.45, 2.75) is 66.2 Å². The third kappa shape index (κ3) is 10.6. The summed E-state index contributed by atoms with van der Waals surface area (Å²) in [6.45, 7) is 11.2. The van der Waals surface area contributed by atoms with Crippen molar-refractivity contribution < 1.29 is 4.79 Å². The quantitative estimate of drug-likeness (QED) is 0.294. The molecule has 0 rings (SSSR count). The fraction of sp³-hybridized carbons (Fsp3) is 0.882. The van der Waals surface area contributed by atoms with E-state index in [1.54, 1.807) is 0 Å². The molecule has 1 unspecified atom stereocenters. The Hall–Kier alpha value is -1.10. The SMILES string of the molecule is CCCN(C(=N)N)C(=O)CC(C)CCCCCNCC(C)C. The lowest BCUT2D eigenvalue weighted by molar-refractivity contribution is -0.128. The highest BCUT2D eigenvalue weighted by Gasteiger charge is 2.17. The van der Waals surface area contributed by atoms with Crippen LogP contribution in [-0.4, -0.2) is 36.4 Å². The summed E-state index contributed by atoms with van der Waals surface area (Å²) in [5, 5.41) is 10.9. The molecule has 0 spiro atoms. The number of carbonyl (C=O) groups excluding carboxylic acids is 1. The van der Waals surface area contributed by atoms with Gasteiger partial charge in [0.2, 0.25) is 5.91 Å². The number of amides is 1. The van der Waals surface area contributed by atoms with Crippen LogP contribution in [0, 0.1) is 17.2 Å². The molecule has 0 aromatic carbocycles. The Balaban J connectivity index is 3.77. The number of guanidine groups is 1. The van der Waals surface area contributed by atoms with E-state index in [1.165, 1.54) is 17.7 Å². The molecule has 0 aromatic rings. The molecular weight excluding hydrogens is 276 g/mol. The number of hydrogen-bond donors (Lipinski definition) is 3. The van der Waals surface area contributed by atoms with E-state index in [-0.39, 0.29) is 11.9 Å². The van der Waals surface area contributed by atoms with Crippen LogP contribution in [0.25, 0.3) is 0 Å². The Bertz CT molecular complexity index is 318. The molecule has 4 N–H and O–H groups in total. The summed E-state index contributed by atoms with van der Waals surface area (Å²) < 4.78 is 0. The number of hydrogen-bond acceptors (Lipinski definition) is 3. The number of rotatable bonds is 12. The van der Waals surface area contributed by atoms with Gasteiger partial charge in [-0.2, -0.15) is 0 Å². The zero-order chi connectivity index (χ0) is 17.0. The smallest absolute Gasteiger partial charge is 0.229 e. The summed E-state index contributed by atoms with van der Waals surface area (Å²) >= 11 is 0. The number of nitrogens with zero attached hydrogens (tertiary/aromatic N) is 1. The van der Waals surface area contributed by atoms with E-state index in [0.717, 1.165) is 32.4 Å². The maximum atomic E-state index is 12.1. The summed E-state index contributed by atoms with van der Waals surface area (Å²) in [5.41, 5.74) is 5.47. The van der Waals surface area contributed by atoms with Crippen LogP contribution in [0.5, 0.6) is 0 Å². The number of nitrogens with one attached hydrogen (secondary N) is 2. The highest BCUT2D eigenvalue weighted by Crippen LogP contribution is 2.14. The Labute approximate surface area is 136 Å². The molecule has 0 aliphatic rings. The molecule has 0 aliphatic carbocycles. The maximum absolute atomic E-state index is 12.1. The van der Waals surface area contributed by atoms with Gasteiger partial charge in [0.05, 0.1) is 0 Å². The summed E-state index contributed by atoms with van der Waals surface area (Å²) in [5.74, 6) is 0.920. The molecule has 130 valence electrons. The Morgan fingerprint density at radius 2 is 1.91 bits per heavy atom. The molecule has 22 heavy (non-hydrogen) atoms. The summed E-state index contributed by atoms with van der Waals surface area (Å²) in [6, 6.07) is 0. The predicted octanol–water partition coefficient (Wildman–Crippen LogP) is 2.95. The molecule has 0 saturated carbocycles. The number of nitrogens with two attached hydrogens (primary N) is 1. The van der Waals surface area contributed by atoms with Gasteiger partial charge >= 0.3 is 0 Å². The lowest BCUT2D eigenvalue weighted by Gasteiger charge is -2.21. The van der Waals surface area contributed by atoms with Crippen molar-refractivity contribution in [3.63, 3.8) is 0 Å². The molecular formula is C17H36N4O. The zero-order valence-electron chi connectivity index (χ0n) is 15.0. The van der Waals surface area contributed by atoms with Gasteiger partial charge in [-0.1, -0.05) is 47.0 Å². The topological polar surface area (TPSA) is 82.2 Å². The van der Waals surface area contributed by atoms with E-state index in [4.69, 9.17) is 11.1 Å². The van der Waals surface area contributed by atoms with Gasteiger partial charge in [0.25, 0.3) is 0 Å². The molecule has 0 fully saturated rings. The van der Waals surface area contributed by atoms with Gasteiger partial charge in [-0.05, 0) is 37.8 Å². The highest BCUT2D eigenvalue weighted by molar-refractivity contribution is 5.94. The fourth-order valence-corrected chi connectivity index (χ4v) is 2.42. The second-order valence-corrected chi connectivity index (χ2v) is 6.69. The van der Waals surface area contributed by atoms with Gasteiger partial charge in [0.15, 0.2) is 5.96 Å². The Morgan fingerprint density at radius 1 is 1.23 bits per heavy atom. The maximum Gasteiger partial charge on any atom is 0.229 e. The van der Waals surface area contributed by atoms with Crippen molar-refractivity contribution >= 4 is 11.9 Å². The fourth-order valence-electron chi connectivity index (χ4n) is 2.42. The van der Waals surface area contributed by atoms with Crippen molar-refractivity contribution in [1.29, 1.82) is 5.41 Å². The van der Waals surface area contributed by atoms with Crippen LogP contribution in [-0.2, 0) is 4.79 Å². The Kier molecular flexibility index (Phi) is 11.8. The zero-order valence-corrected chi connectivity index (χ0v) is 15.0. The van der Waals surface area contributed by atoms with E-state index in [0.29, 0.717) is 24.8 Å². The second-order valence-electron chi connectivity index (χ2n) is 6.69. The standard InChI is InChI=1S/C17H36N4O/c1-5-11-21(17(18)19)16(22)12-15(4)9-7-6-8-10-20-13-14(2)3/h14-15,20H,5-13H2,1-4H3,(H3,18,19). The van der Waals surface area contributed by atoms with Crippen molar-refractivity contribution in [3.8, 4) is 0 Å². The minimum Gasteiger partial charge on any atom is -0.370 e. The van der Waals surface area contributed by atoms with Gasteiger partial charge in [-0.25, -0.2) is 0 Å². The van der Waals surface area contributed by atoms with Crippen LogP contribution in [0.1, 0.15) is 66.2 Å². The summed E-state index contributed by atoms with van der Waals surface area (Å²) in [7, 11) is 0. The second kappa shape index (κ2) is 12.4.